The second-order valence-electron chi connectivity index (χ2n) is 6.55. The van der Waals surface area contributed by atoms with Crippen LogP contribution in [0.2, 0.25) is 5.02 Å². The second kappa shape index (κ2) is 12.0. The molecule has 0 unspecified atom stereocenters. The molecule has 2 aromatic rings. The number of alkyl halides is 3. The number of hydrogen-bond donors (Lipinski definition) is 1. The van der Waals surface area contributed by atoms with E-state index in [1.54, 1.807) is 25.1 Å². The van der Waals surface area contributed by atoms with Gasteiger partial charge < -0.3 is 14.8 Å². The molecule has 0 amide bonds. The number of ether oxygens (including phenoxy) is 2. The molecule has 1 saturated heterocycles. The molecule has 3 rings (SSSR count). The van der Waals surface area contributed by atoms with Gasteiger partial charge in [-0.2, -0.15) is 0 Å². The maximum atomic E-state index is 14.6. The lowest BCUT2D eigenvalue weighted by Crippen LogP contribution is -2.45. The number of nitrogens with one attached hydrogen (secondary N) is 1. The zero-order valence-electron chi connectivity index (χ0n) is 16.5. The topological polar surface area (TPSA) is 33.7 Å². The average Bonchev–Trinajstić information content (AvgIpc) is 2.66. The highest BCUT2D eigenvalue weighted by molar-refractivity contribution is 6.32. The molecule has 1 N–H and O–H groups in total. The predicted molar refractivity (Wildman–Crippen MR) is 116 cm³/mol. The van der Waals surface area contributed by atoms with E-state index in [-0.39, 0.29) is 54.0 Å². The summed E-state index contributed by atoms with van der Waals surface area (Å²) in [6.45, 7) is 4.89. The molecule has 4 nitrogen and oxygen atoms in total. The van der Waals surface area contributed by atoms with Gasteiger partial charge in [0.25, 0.3) is 0 Å². The Labute approximate surface area is 195 Å². The summed E-state index contributed by atoms with van der Waals surface area (Å²) in [5, 5.41) is 3.40. The first-order chi connectivity index (χ1) is 13.8. The van der Waals surface area contributed by atoms with Crippen molar-refractivity contribution >= 4 is 36.4 Å². The normalized spacial score (nSPS) is 15.4. The molecule has 1 fully saturated rings. The predicted octanol–water partition coefficient (Wildman–Crippen LogP) is 5.61. The second-order valence-corrected chi connectivity index (χ2v) is 6.96. The molecule has 2 aromatic carbocycles. The van der Waals surface area contributed by atoms with E-state index in [4.69, 9.17) is 16.3 Å². The van der Waals surface area contributed by atoms with Gasteiger partial charge in [-0.25, -0.2) is 4.39 Å². The summed E-state index contributed by atoms with van der Waals surface area (Å²) in [7, 11) is 0. The minimum atomic E-state index is -4.76. The SMILES string of the molecule is CCOc1c(F)cc([C@H](c2ccc(OC(F)(F)F)cc2)N2CCNCC2)cc1Cl.Cl.Cl. The molecule has 0 bridgehead atoms. The molecule has 0 radical (unpaired) electrons. The molecule has 11 heteroatoms. The number of rotatable bonds is 6. The van der Waals surface area contributed by atoms with Gasteiger partial charge in [0.2, 0.25) is 0 Å². The Bertz CT molecular complexity index is 809. The molecular weight excluding hydrogens is 483 g/mol. The average molecular weight is 506 g/mol. The fraction of sp³-hybridized carbons (Fsp3) is 0.400. The fourth-order valence-corrected chi connectivity index (χ4v) is 3.70. The highest BCUT2D eigenvalue weighted by Gasteiger charge is 2.31. The molecule has 1 heterocycles. The van der Waals surface area contributed by atoms with Gasteiger partial charge in [-0.1, -0.05) is 23.7 Å². The van der Waals surface area contributed by atoms with E-state index >= 15 is 0 Å². The fourth-order valence-electron chi connectivity index (χ4n) is 3.43. The highest BCUT2D eigenvalue weighted by Crippen LogP contribution is 2.37. The maximum absolute atomic E-state index is 14.6. The summed E-state index contributed by atoms with van der Waals surface area (Å²) >= 11 is 6.24. The van der Waals surface area contributed by atoms with Crippen molar-refractivity contribution in [1.29, 1.82) is 0 Å². The van der Waals surface area contributed by atoms with Crippen LogP contribution in [-0.2, 0) is 0 Å². The van der Waals surface area contributed by atoms with Crippen LogP contribution >= 0.6 is 36.4 Å². The Kier molecular flexibility index (Phi) is 10.6. The summed E-state index contributed by atoms with van der Waals surface area (Å²) in [5.74, 6) is -0.895. The van der Waals surface area contributed by atoms with Gasteiger partial charge in [0.1, 0.15) is 5.75 Å². The van der Waals surface area contributed by atoms with Crippen molar-refractivity contribution in [3.8, 4) is 11.5 Å². The number of halogens is 7. The number of hydrogen-bond acceptors (Lipinski definition) is 4. The van der Waals surface area contributed by atoms with Crippen molar-refractivity contribution in [1.82, 2.24) is 10.2 Å². The summed E-state index contributed by atoms with van der Waals surface area (Å²) in [4.78, 5) is 2.13. The Morgan fingerprint density at radius 2 is 1.68 bits per heavy atom. The van der Waals surface area contributed by atoms with E-state index in [1.165, 1.54) is 18.2 Å². The Balaban J connectivity index is 0.00000240. The van der Waals surface area contributed by atoms with Gasteiger partial charge in [0, 0.05) is 26.2 Å². The highest BCUT2D eigenvalue weighted by atomic mass is 35.5. The van der Waals surface area contributed by atoms with Gasteiger partial charge >= 0.3 is 6.36 Å². The molecule has 0 aromatic heterocycles. The Hall–Kier alpha value is -1.45. The van der Waals surface area contributed by atoms with Crippen LogP contribution in [-0.4, -0.2) is 44.0 Å². The molecule has 1 aliphatic rings. The molecular formula is C20H23Cl3F4N2O2. The largest absolute Gasteiger partial charge is 0.573 e. The lowest BCUT2D eigenvalue weighted by Gasteiger charge is -2.36. The maximum Gasteiger partial charge on any atom is 0.573 e. The van der Waals surface area contributed by atoms with Gasteiger partial charge in [0.15, 0.2) is 11.6 Å². The van der Waals surface area contributed by atoms with Crippen LogP contribution in [0.3, 0.4) is 0 Å². The smallest absolute Gasteiger partial charge is 0.489 e. The quantitative estimate of drug-likeness (QED) is 0.517. The number of benzene rings is 2. The van der Waals surface area contributed by atoms with E-state index in [0.717, 1.165) is 13.1 Å². The third-order valence-electron chi connectivity index (χ3n) is 4.57. The van der Waals surface area contributed by atoms with Crippen molar-refractivity contribution in [2.24, 2.45) is 0 Å². The van der Waals surface area contributed by atoms with Crippen LogP contribution in [0.4, 0.5) is 17.6 Å². The van der Waals surface area contributed by atoms with Crippen LogP contribution in [0.5, 0.6) is 11.5 Å². The molecule has 1 atom stereocenters. The minimum Gasteiger partial charge on any atom is -0.489 e. The van der Waals surface area contributed by atoms with E-state index in [0.29, 0.717) is 24.2 Å². The first-order valence-corrected chi connectivity index (χ1v) is 9.58. The van der Waals surface area contributed by atoms with E-state index in [1.807, 2.05) is 0 Å². The first-order valence-electron chi connectivity index (χ1n) is 9.20. The van der Waals surface area contributed by atoms with E-state index in [9.17, 15) is 17.6 Å². The van der Waals surface area contributed by atoms with Crippen LogP contribution in [0.15, 0.2) is 36.4 Å². The third-order valence-corrected chi connectivity index (χ3v) is 4.85. The Morgan fingerprint density at radius 3 is 2.19 bits per heavy atom. The summed E-state index contributed by atoms with van der Waals surface area (Å²) < 4.78 is 61.1. The molecule has 174 valence electrons. The van der Waals surface area contributed by atoms with E-state index in [2.05, 4.69) is 15.0 Å². The van der Waals surface area contributed by atoms with Gasteiger partial charge in [-0.3, -0.25) is 4.90 Å². The van der Waals surface area contributed by atoms with Crippen molar-refractivity contribution < 1.29 is 27.0 Å². The zero-order chi connectivity index (χ0) is 21.0. The standard InChI is InChI=1S/C20H21ClF4N2O2.2ClH/c1-2-28-19-16(21)11-14(12-17(19)22)18(27-9-7-26-8-10-27)13-3-5-15(6-4-13)29-20(23,24)25;;/h3-6,11-12,18,26H,2,7-10H2,1H3;2*1H/t18-;;/m0../s1. The van der Waals surface area contributed by atoms with Crippen molar-refractivity contribution in [2.45, 2.75) is 19.3 Å². The third kappa shape index (κ3) is 7.29. The molecule has 0 saturated carbocycles. The van der Waals surface area contributed by atoms with Crippen LogP contribution in [0, 0.1) is 5.82 Å². The van der Waals surface area contributed by atoms with Crippen LogP contribution < -0.4 is 14.8 Å². The monoisotopic (exact) mass is 504 g/mol. The van der Waals surface area contributed by atoms with Crippen molar-refractivity contribution in [2.75, 3.05) is 32.8 Å². The summed E-state index contributed by atoms with van der Waals surface area (Å²) in [5.41, 5.74) is 1.31. The zero-order valence-corrected chi connectivity index (χ0v) is 18.9. The molecule has 31 heavy (non-hydrogen) atoms. The molecule has 1 aliphatic heterocycles. The Morgan fingerprint density at radius 1 is 1.06 bits per heavy atom. The van der Waals surface area contributed by atoms with Crippen LogP contribution in [0.25, 0.3) is 0 Å². The van der Waals surface area contributed by atoms with Crippen molar-refractivity contribution in [3.05, 3.63) is 58.4 Å². The van der Waals surface area contributed by atoms with Gasteiger partial charge in [-0.05, 0) is 42.3 Å². The lowest BCUT2D eigenvalue weighted by atomic mass is 9.96. The van der Waals surface area contributed by atoms with Gasteiger partial charge in [-0.15, -0.1) is 38.0 Å². The van der Waals surface area contributed by atoms with Crippen LogP contribution in [0.1, 0.15) is 24.1 Å². The first kappa shape index (κ1) is 27.6. The molecule has 0 spiro atoms. The van der Waals surface area contributed by atoms with E-state index < -0.39 is 12.2 Å². The number of piperazine rings is 1. The van der Waals surface area contributed by atoms with Gasteiger partial charge in [0.05, 0.1) is 17.7 Å². The number of nitrogens with zero attached hydrogens (tertiary/aromatic N) is 1. The summed E-state index contributed by atoms with van der Waals surface area (Å²) in [6.07, 6.45) is -4.76. The van der Waals surface area contributed by atoms with Crippen molar-refractivity contribution in [3.63, 3.8) is 0 Å². The molecule has 0 aliphatic carbocycles. The minimum absolute atomic E-state index is 0. The summed E-state index contributed by atoms with van der Waals surface area (Å²) in [6, 6.07) is 8.24. The lowest BCUT2D eigenvalue weighted by molar-refractivity contribution is -0.274.